The van der Waals surface area contributed by atoms with Crippen molar-refractivity contribution in [3.05, 3.63) is 46.4 Å². The summed E-state index contributed by atoms with van der Waals surface area (Å²) in [5, 5.41) is 15.2. The minimum absolute atomic E-state index is 0.617. The van der Waals surface area contributed by atoms with Crippen LogP contribution in [0.4, 0.5) is 17.3 Å². The fourth-order valence-electron chi connectivity index (χ4n) is 1.61. The molecule has 1 aromatic carbocycles. The van der Waals surface area contributed by atoms with Crippen molar-refractivity contribution in [3.63, 3.8) is 0 Å². The monoisotopic (exact) mass is 316 g/mol. The zero-order valence-electron chi connectivity index (χ0n) is 10.4. The quantitative estimate of drug-likeness (QED) is 0.898. The predicted molar refractivity (Wildman–Crippen MR) is 80.5 cm³/mol. The van der Waals surface area contributed by atoms with Crippen LogP contribution in [0.15, 0.2) is 40.9 Å². The van der Waals surface area contributed by atoms with Gasteiger partial charge in [-0.25, -0.2) is 4.98 Å². The van der Waals surface area contributed by atoms with Crippen molar-refractivity contribution in [2.75, 3.05) is 17.2 Å². The van der Waals surface area contributed by atoms with Crippen molar-refractivity contribution >= 4 is 33.3 Å². The lowest BCUT2D eigenvalue weighted by atomic mass is 10.2. The Labute approximate surface area is 120 Å². The molecule has 2 rings (SSSR count). The van der Waals surface area contributed by atoms with Crippen LogP contribution in [0, 0.1) is 11.3 Å². The summed E-state index contributed by atoms with van der Waals surface area (Å²) in [5.41, 5.74) is 1.49. The number of nitrogens with zero attached hydrogens (tertiary/aromatic N) is 2. The third-order valence-corrected chi connectivity index (χ3v) is 3.12. The van der Waals surface area contributed by atoms with E-state index in [9.17, 15) is 0 Å². The highest BCUT2D eigenvalue weighted by Gasteiger charge is 2.03. The van der Waals surface area contributed by atoms with Gasteiger partial charge in [0.05, 0.1) is 17.3 Å². The van der Waals surface area contributed by atoms with Crippen LogP contribution in [0.5, 0.6) is 0 Å². The first kappa shape index (κ1) is 13.4. The molecule has 0 radical (unpaired) electrons. The lowest BCUT2D eigenvalue weighted by Gasteiger charge is -2.09. The van der Waals surface area contributed by atoms with Crippen molar-refractivity contribution in [1.29, 1.82) is 5.26 Å². The molecular formula is C14H13BrN4. The highest BCUT2D eigenvalue weighted by atomic mass is 79.9. The Bertz CT molecular complexity index is 619. The van der Waals surface area contributed by atoms with Gasteiger partial charge in [0.25, 0.3) is 0 Å². The average molecular weight is 317 g/mol. The molecule has 0 spiro atoms. The Balaban J connectivity index is 2.21. The molecule has 5 heteroatoms. The molecule has 0 unspecified atom stereocenters. The van der Waals surface area contributed by atoms with Gasteiger partial charge in [-0.1, -0.05) is 6.07 Å². The summed E-state index contributed by atoms with van der Waals surface area (Å²) in [6.07, 6.45) is 0. The molecule has 0 fully saturated rings. The number of aromatic nitrogens is 1. The van der Waals surface area contributed by atoms with Crippen molar-refractivity contribution in [3.8, 4) is 6.07 Å². The topological polar surface area (TPSA) is 60.7 Å². The maximum Gasteiger partial charge on any atom is 0.132 e. The molecule has 1 heterocycles. The molecule has 0 aliphatic rings. The van der Waals surface area contributed by atoms with Crippen molar-refractivity contribution in [1.82, 2.24) is 4.98 Å². The summed E-state index contributed by atoms with van der Waals surface area (Å²) in [4.78, 5) is 4.43. The van der Waals surface area contributed by atoms with Gasteiger partial charge in [0.2, 0.25) is 0 Å². The van der Waals surface area contributed by atoms with E-state index < -0.39 is 0 Å². The molecular weight excluding hydrogens is 304 g/mol. The van der Waals surface area contributed by atoms with E-state index in [1.165, 1.54) is 0 Å². The van der Waals surface area contributed by atoms with Gasteiger partial charge in [0.1, 0.15) is 11.6 Å². The molecule has 0 bridgehead atoms. The Hall–Kier alpha value is -2.06. The van der Waals surface area contributed by atoms with Gasteiger partial charge < -0.3 is 10.6 Å². The van der Waals surface area contributed by atoms with Gasteiger partial charge in [0.15, 0.2) is 0 Å². The maximum atomic E-state index is 8.83. The minimum Gasteiger partial charge on any atom is -0.370 e. The molecule has 0 atom stereocenters. The first-order valence-corrected chi connectivity index (χ1v) is 6.70. The normalized spacial score (nSPS) is 9.74. The summed E-state index contributed by atoms with van der Waals surface area (Å²) in [5.74, 6) is 1.58. The third-order valence-electron chi connectivity index (χ3n) is 2.47. The van der Waals surface area contributed by atoms with Crippen LogP contribution in [0.3, 0.4) is 0 Å². The van der Waals surface area contributed by atoms with Crippen molar-refractivity contribution < 1.29 is 0 Å². The van der Waals surface area contributed by atoms with Gasteiger partial charge in [-0.05, 0) is 53.2 Å². The molecule has 0 saturated carbocycles. The molecule has 2 aromatic rings. The molecule has 0 aliphatic heterocycles. The van der Waals surface area contributed by atoms with Gasteiger partial charge in [-0.15, -0.1) is 0 Å². The lowest BCUT2D eigenvalue weighted by Crippen LogP contribution is -2.01. The molecule has 0 saturated heterocycles. The largest absolute Gasteiger partial charge is 0.370 e. The van der Waals surface area contributed by atoms with E-state index in [0.29, 0.717) is 5.56 Å². The van der Waals surface area contributed by atoms with Crippen LogP contribution in [-0.4, -0.2) is 11.5 Å². The number of halogens is 1. The Morgan fingerprint density at radius 2 is 2.05 bits per heavy atom. The second-order valence-corrected chi connectivity index (χ2v) is 4.72. The van der Waals surface area contributed by atoms with Crippen LogP contribution in [0.25, 0.3) is 0 Å². The fourth-order valence-corrected chi connectivity index (χ4v) is 2.09. The maximum absolute atomic E-state index is 8.83. The van der Waals surface area contributed by atoms with Crippen molar-refractivity contribution in [2.24, 2.45) is 0 Å². The van der Waals surface area contributed by atoms with E-state index >= 15 is 0 Å². The number of nitrogens with one attached hydrogen (secondary N) is 2. The predicted octanol–water partition coefficient (Wildman–Crippen LogP) is 3.89. The Kier molecular flexibility index (Phi) is 4.37. The third kappa shape index (κ3) is 3.46. The highest BCUT2D eigenvalue weighted by Crippen LogP contribution is 2.26. The number of anilines is 3. The van der Waals surface area contributed by atoms with E-state index in [1.807, 2.05) is 31.2 Å². The number of nitriles is 1. The summed E-state index contributed by atoms with van der Waals surface area (Å²) < 4.78 is 0.835. The molecule has 4 nitrogen and oxygen atoms in total. The van der Waals surface area contributed by atoms with Crippen LogP contribution in [0.1, 0.15) is 12.5 Å². The van der Waals surface area contributed by atoms with Gasteiger partial charge >= 0.3 is 0 Å². The number of hydrogen-bond acceptors (Lipinski definition) is 4. The highest BCUT2D eigenvalue weighted by molar-refractivity contribution is 9.10. The molecule has 0 amide bonds. The minimum atomic E-state index is 0.617. The fraction of sp³-hybridized carbons (Fsp3) is 0.143. The summed E-state index contributed by atoms with van der Waals surface area (Å²) in [6, 6.07) is 13.2. The standard InChI is InChI=1S/C14H13BrN4/c1-2-17-13-4-3-5-14(19-13)18-12-7-6-10(9-16)8-11(12)15/h3-8H,2H2,1H3,(H2,17,18,19). The number of rotatable bonds is 4. The van der Waals surface area contributed by atoms with Crippen LogP contribution >= 0.6 is 15.9 Å². The van der Waals surface area contributed by atoms with E-state index in [4.69, 9.17) is 5.26 Å². The number of hydrogen-bond donors (Lipinski definition) is 2. The average Bonchev–Trinajstić information content (AvgIpc) is 2.42. The van der Waals surface area contributed by atoms with E-state index in [0.717, 1.165) is 28.3 Å². The van der Waals surface area contributed by atoms with Crippen LogP contribution in [-0.2, 0) is 0 Å². The summed E-state index contributed by atoms with van der Waals surface area (Å²) in [7, 11) is 0. The molecule has 19 heavy (non-hydrogen) atoms. The Morgan fingerprint density at radius 1 is 1.26 bits per heavy atom. The van der Waals surface area contributed by atoms with Crippen molar-refractivity contribution in [2.45, 2.75) is 6.92 Å². The number of benzene rings is 1. The second-order valence-electron chi connectivity index (χ2n) is 3.87. The van der Waals surface area contributed by atoms with E-state index in [2.05, 4.69) is 37.6 Å². The molecule has 0 aliphatic carbocycles. The van der Waals surface area contributed by atoms with E-state index in [1.54, 1.807) is 12.1 Å². The first-order chi connectivity index (χ1) is 9.22. The van der Waals surface area contributed by atoms with Crippen LogP contribution < -0.4 is 10.6 Å². The Morgan fingerprint density at radius 3 is 2.74 bits per heavy atom. The van der Waals surface area contributed by atoms with Gasteiger partial charge in [-0.2, -0.15) is 5.26 Å². The zero-order valence-corrected chi connectivity index (χ0v) is 12.0. The lowest BCUT2D eigenvalue weighted by molar-refractivity contribution is 1.16. The zero-order chi connectivity index (χ0) is 13.7. The molecule has 2 N–H and O–H groups in total. The second kappa shape index (κ2) is 6.21. The van der Waals surface area contributed by atoms with Crippen LogP contribution in [0.2, 0.25) is 0 Å². The first-order valence-electron chi connectivity index (χ1n) is 5.90. The molecule has 1 aromatic heterocycles. The van der Waals surface area contributed by atoms with Gasteiger partial charge in [0, 0.05) is 11.0 Å². The SMILES string of the molecule is CCNc1cccc(Nc2ccc(C#N)cc2Br)n1. The van der Waals surface area contributed by atoms with Gasteiger partial charge in [-0.3, -0.25) is 0 Å². The summed E-state index contributed by atoms with van der Waals surface area (Å²) >= 11 is 3.44. The smallest absolute Gasteiger partial charge is 0.132 e. The van der Waals surface area contributed by atoms with E-state index in [-0.39, 0.29) is 0 Å². The summed E-state index contributed by atoms with van der Waals surface area (Å²) in [6.45, 7) is 2.86. The molecule has 96 valence electrons. The number of pyridine rings is 1.